The zero-order valence-electron chi connectivity index (χ0n) is 17.5. The Morgan fingerprint density at radius 3 is 1.93 bits per heavy atom. The number of carbonyl (C=O) groups excluding carboxylic acids is 2. The van der Waals surface area contributed by atoms with E-state index in [1.807, 2.05) is 6.92 Å². The van der Waals surface area contributed by atoms with E-state index in [9.17, 15) is 9.59 Å². The zero-order chi connectivity index (χ0) is 21.1. The average molecular weight is 398 g/mol. The molecule has 29 heavy (non-hydrogen) atoms. The summed E-state index contributed by atoms with van der Waals surface area (Å²) in [7, 11) is 0. The van der Waals surface area contributed by atoms with Crippen LogP contribution < -0.4 is 9.47 Å². The monoisotopic (exact) mass is 398 g/mol. The second kappa shape index (κ2) is 11.9. The first-order valence-corrected chi connectivity index (χ1v) is 10.3. The second-order valence-corrected chi connectivity index (χ2v) is 7.00. The lowest BCUT2D eigenvalue weighted by Crippen LogP contribution is -2.15. The molecule has 2 rings (SSSR count). The lowest BCUT2D eigenvalue weighted by molar-refractivity contribution is 0.0320. The number of hydrogen-bond acceptors (Lipinski definition) is 5. The largest absolute Gasteiger partial charge is 0.494 e. The third-order valence-corrected chi connectivity index (χ3v) is 4.43. The number of benzene rings is 2. The van der Waals surface area contributed by atoms with Crippen molar-refractivity contribution in [3.05, 3.63) is 59.7 Å². The molecular weight excluding hydrogens is 368 g/mol. The molecule has 0 aliphatic heterocycles. The quantitative estimate of drug-likeness (QED) is 0.271. The average Bonchev–Trinajstić information content (AvgIpc) is 2.73. The standard InChI is InChI=1S/C24H30O5/c1-4-6-8-18(3)28-23(25)19-11-15-22(16-12-19)29-24(26)20-9-13-21(14-10-20)27-17-7-5-2/h9-16,18H,4-8,17H2,1-3H3/t18-/m1/s1. The second-order valence-electron chi connectivity index (χ2n) is 7.00. The number of hydrogen-bond donors (Lipinski definition) is 0. The lowest BCUT2D eigenvalue weighted by atomic mass is 10.2. The van der Waals surface area contributed by atoms with E-state index in [1.54, 1.807) is 48.5 Å². The maximum Gasteiger partial charge on any atom is 0.343 e. The molecule has 2 aromatic rings. The number of carbonyl (C=O) groups is 2. The summed E-state index contributed by atoms with van der Waals surface area (Å²) in [4.78, 5) is 24.5. The Balaban J connectivity index is 1.88. The highest BCUT2D eigenvalue weighted by molar-refractivity contribution is 5.92. The van der Waals surface area contributed by atoms with Crippen molar-refractivity contribution in [2.75, 3.05) is 6.61 Å². The van der Waals surface area contributed by atoms with E-state index in [1.165, 1.54) is 0 Å². The van der Waals surface area contributed by atoms with Crippen LogP contribution in [0.1, 0.15) is 73.6 Å². The highest BCUT2D eigenvalue weighted by Gasteiger charge is 2.13. The molecule has 2 aromatic carbocycles. The Hall–Kier alpha value is -2.82. The van der Waals surface area contributed by atoms with E-state index >= 15 is 0 Å². The van der Waals surface area contributed by atoms with Gasteiger partial charge in [-0.1, -0.05) is 33.1 Å². The molecule has 5 heteroatoms. The first-order valence-electron chi connectivity index (χ1n) is 10.3. The van der Waals surface area contributed by atoms with Crippen molar-refractivity contribution in [2.24, 2.45) is 0 Å². The topological polar surface area (TPSA) is 61.8 Å². The minimum absolute atomic E-state index is 0.117. The number of unbranched alkanes of at least 4 members (excludes halogenated alkanes) is 2. The van der Waals surface area contributed by atoms with Gasteiger partial charge < -0.3 is 14.2 Å². The predicted octanol–water partition coefficient (Wildman–Crippen LogP) is 5.82. The third-order valence-electron chi connectivity index (χ3n) is 4.43. The molecule has 0 heterocycles. The first-order chi connectivity index (χ1) is 14.0. The number of esters is 2. The van der Waals surface area contributed by atoms with Crippen LogP contribution in [0.5, 0.6) is 11.5 Å². The SMILES string of the molecule is CCCCOc1ccc(C(=O)Oc2ccc(C(=O)O[C@H](C)CCCC)cc2)cc1. The van der Waals surface area contributed by atoms with E-state index in [4.69, 9.17) is 14.2 Å². The highest BCUT2D eigenvalue weighted by atomic mass is 16.5. The van der Waals surface area contributed by atoms with Crippen molar-refractivity contribution in [1.82, 2.24) is 0 Å². The molecule has 0 unspecified atom stereocenters. The molecule has 0 saturated carbocycles. The van der Waals surface area contributed by atoms with Crippen LogP contribution in [0.15, 0.2) is 48.5 Å². The molecule has 0 aliphatic rings. The molecule has 0 amide bonds. The van der Waals surface area contributed by atoms with Crippen molar-refractivity contribution in [3.63, 3.8) is 0 Å². The van der Waals surface area contributed by atoms with Gasteiger partial charge >= 0.3 is 11.9 Å². The molecule has 0 aromatic heterocycles. The highest BCUT2D eigenvalue weighted by Crippen LogP contribution is 2.18. The Labute approximate surface area is 173 Å². The number of ether oxygens (including phenoxy) is 3. The molecule has 0 radical (unpaired) electrons. The molecule has 0 fully saturated rings. The van der Waals surface area contributed by atoms with Gasteiger partial charge in [0.1, 0.15) is 11.5 Å². The maximum absolute atomic E-state index is 12.3. The summed E-state index contributed by atoms with van der Waals surface area (Å²) >= 11 is 0. The molecule has 1 atom stereocenters. The van der Waals surface area contributed by atoms with E-state index in [-0.39, 0.29) is 12.1 Å². The molecule has 0 bridgehead atoms. The molecule has 0 N–H and O–H groups in total. The normalized spacial score (nSPS) is 11.6. The minimum Gasteiger partial charge on any atom is -0.494 e. The molecule has 0 spiro atoms. The van der Waals surface area contributed by atoms with Crippen molar-refractivity contribution in [1.29, 1.82) is 0 Å². The van der Waals surface area contributed by atoms with Crippen molar-refractivity contribution in [2.45, 2.75) is 59.0 Å². The fraction of sp³-hybridized carbons (Fsp3) is 0.417. The fourth-order valence-electron chi connectivity index (χ4n) is 2.65. The zero-order valence-corrected chi connectivity index (χ0v) is 17.5. The van der Waals surface area contributed by atoms with E-state index in [2.05, 4.69) is 13.8 Å². The van der Waals surface area contributed by atoms with Gasteiger partial charge in [-0.05, 0) is 68.3 Å². The summed E-state index contributed by atoms with van der Waals surface area (Å²) in [6.45, 7) is 6.76. The van der Waals surface area contributed by atoms with Gasteiger partial charge in [0.15, 0.2) is 0 Å². The van der Waals surface area contributed by atoms with E-state index in [0.717, 1.165) is 37.9 Å². The van der Waals surface area contributed by atoms with Gasteiger partial charge in [-0.2, -0.15) is 0 Å². The maximum atomic E-state index is 12.3. The van der Waals surface area contributed by atoms with Crippen molar-refractivity contribution < 1.29 is 23.8 Å². The van der Waals surface area contributed by atoms with Crippen LogP contribution in [0.3, 0.4) is 0 Å². The number of rotatable bonds is 11. The van der Waals surface area contributed by atoms with Gasteiger partial charge in [-0.3, -0.25) is 0 Å². The van der Waals surface area contributed by atoms with Crippen LogP contribution in [0, 0.1) is 0 Å². The summed E-state index contributed by atoms with van der Waals surface area (Å²) < 4.78 is 16.4. The van der Waals surface area contributed by atoms with Crippen LogP contribution in [0.2, 0.25) is 0 Å². The van der Waals surface area contributed by atoms with Gasteiger partial charge in [0.05, 0.1) is 23.8 Å². The van der Waals surface area contributed by atoms with Crippen molar-refractivity contribution >= 4 is 11.9 Å². The summed E-state index contributed by atoms with van der Waals surface area (Å²) in [6.07, 6.45) is 4.88. The summed E-state index contributed by atoms with van der Waals surface area (Å²) in [5.74, 6) is 0.263. The lowest BCUT2D eigenvalue weighted by Gasteiger charge is -2.13. The van der Waals surface area contributed by atoms with Gasteiger partial charge in [-0.25, -0.2) is 9.59 Å². The first kappa shape index (κ1) is 22.5. The van der Waals surface area contributed by atoms with Crippen LogP contribution in [0.4, 0.5) is 0 Å². The van der Waals surface area contributed by atoms with Crippen LogP contribution in [0.25, 0.3) is 0 Å². The van der Waals surface area contributed by atoms with Crippen LogP contribution in [-0.4, -0.2) is 24.6 Å². The molecular formula is C24H30O5. The molecule has 156 valence electrons. The molecule has 5 nitrogen and oxygen atoms in total. The fourth-order valence-corrected chi connectivity index (χ4v) is 2.65. The molecule has 0 aliphatic carbocycles. The van der Waals surface area contributed by atoms with Gasteiger partial charge in [0, 0.05) is 0 Å². The summed E-state index contributed by atoms with van der Waals surface area (Å²) in [6, 6.07) is 13.2. The summed E-state index contributed by atoms with van der Waals surface area (Å²) in [5, 5.41) is 0. The van der Waals surface area contributed by atoms with Crippen LogP contribution in [-0.2, 0) is 4.74 Å². The molecule has 0 saturated heterocycles. The predicted molar refractivity (Wildman–Crippen MR) is 113 cm³/mol. The van der Waals surface area contributed by atoms with Gasteiger partial charge in [0.2, 0.25) is 0 Å². The van der Waals surface area contributed by atoms with E-state index in [0.29, 0.717) is 23.5 Å². The van der Waals surface area contributed by atoms with Crippen LogP contribution >= 0.6 is 0 Å². The van der Waals surface area contributed by atoms with Crippen molar-refractivity contribution in [3.8, 4) is 11.5 Å². The Morgan fingerprint density at radius 2 is 1.34 bits per heavy atom. The van der Waals surface area contributed by atoms with Gasteiger partial charge in [-0.15, -0.1) is 0 Å². The van der Waals surface area contributed by atoms with Gasteiger partial charge in [0.25, 0.3) is 0 Å². The minimum atomic E-state index is -0.464. The Bertz CT molecular complexity index is 765. The summed E-state index contributed by atoms with van der Waals surface area (Å²) in [5.41, 5.74) is 0.864. The van der Waals surface area contributed by atoms with E-state index < -0.39 is 5.97 Å². The third kappa shape index (κ3) is 7.60. The smallest absolute Gasteiger partial charge is 0.343 e. The Kier molecular flexibility index (Phi) is 9.22. The Morgan fingerprint density at radius 1 is 0.793 bits per heavy atom.